The van der Waals surface area contributed by atoms with E-state index in [1.165, 1.54) is 37.3 Å². The number of carbonyl (C=O) groups excluding carboxylic acids is 1. The molecule has 4 saturated carbocycles. The number of fused-ring (bicyclic) bond motifs is 1. The van der Waals surface area contributed by atoms with Crippen molar-refractivity contribution in [2.75, 3.05) is 0 Å². The molecular formula is C34H50O5. The second-order valence-electron chi connectivity index (χ2n) is 14.0. The third-order valence-electron chi connectivity index (χ3n) is 9.91. The zero-order valence-electron chi connectivity index (χ0n) is 24.7. The van der Waals surface area contributed by atoms with Crippen LogP contribution in [0.4, 0.5) is 0 Å². The number of hydrogen-bond donors (Lipinski definition) is 3. The SMILES string of the molecule is C=C1/C(=C\C=C2/CCC[C@]3(C)[C@@H]([C@H](C)/C=C/[C@@H](O)C4(/C=C/C(=O)OC(C)(C)C)CC4)CC[C@@H]23)C[C@@H](O)C[C@@H]1O. The van der Waals surface area contributed by atoms with E-state index >= 15 is 0 Å². The molecule has 0 aromatic carbocycles. The molecule has 7 atom stereocenters. The van der Waals surface area contributed by atoms with Gasteiger partial charge in [-0.05, 0) is 106 Å². The summed E-state index contributed by atoms with van der Waals surface area (Å²) in [5.41, 5.74) is 2.53. The van der Waals surface area contributed by atoms with Gasteiger partial charge in [-0.15, -0.1) is 0 Å². The van der Waals surface area contributed by atoms with Crippen molar-refractivity contribution >= 4 is 5.97 Å². The molecule has 4 fully saturated rings. The minimum absolute atomic E-state index is 0.216. The first-order chi connectivity index (χ1) is 18.2. The maximum atomic E-state index is 12.1. The van der Waals surface area contributed by atoms with Crippen LogP contribution in [0.2, 0.25) is 0 Å². The molecule has 3 N–H and O–H groups in total. The fourth-order valence-electron chi connectivity index (χ4n) is 7.49. The van der Waals surface area contributed by atoms with Crippen LogP contribution >= 0.6 is 0 Å². The maximum Gasteiger partial charge on any atom is 0.330 e. The number of hydrogen-bond acceptors (Lipinski definition) is 5. The van der Waals surface area contributed by atoms with Crippen molar-refractivity contribution in [2.45, 2.75) is 116 Å². The molecule has 4 aliphatic carbocycles. The highest BCUT2D eigenvalue weighted by Crippen LogP contribution is 2.59. The highest BCUT2D eigenvalue weighted by atomic mass is 16.6. The molecule has 5 heteroatoms. The van der Waals surface area contributed by atoms with E-state index in [9.17, 15) is 20.1 Å². The molecule has 0 spiro atoms. The fraction of sp³-hybridized carbons (Fsp3) is 0.676. The average molecular weight is 539 g/mol. The number of aliphatic hydroxyl groups is 3. The molecule has 216 valence electrons. The number of ether oxygens (including phenoxy) is 1. The van der Waals surface area contributed by atoms with Crippen molar-refractivity contribution in [1.29, 1.82) is 0 Å². The zero-order chi connectivity index (χ0) is 28.6. The van der Waals surface area contributed by atoms with E-state index in [2.05, 4.69) is 38.7 Å². The van der Waals surface area contributed by atoms with Crippen LogP contribution in [0.5, 0.6) is 0 Å². The lowest BCUT2D eigenvalue weighted by atomic mass is 9.61. The summed E-state index contributed by atoms with van der Waals surface area (Å²) in [6, 6.07) is 0. The minimum atomic E-state index is -0.656. The maximum absolute atomic E-state index is 12.1. The summed E-state index contributed by atoms with van der Waals surface area (Å²) in [5.74, 6) is 1.07. The molecule has 5 nitrogen and oxygen atoms in total. The molecular weight excluding hydrogens is 488 g/mol. The standard InChI is InChI=1S/C34H50O5/c1-22(9-14-30(37)34(18-19-34)17-15-31(38)39-32(3,4)5)27-12-13-28-24(8-7-16-33(27,28)6)10-11-25-20-26(35)21-29(36)23(25)2/h9-11,14-15,17,22,26-30,35-37H,2,7-8,12-13,16,18-21H2,1,3-6H3/b14-9+,17-15+,24-10+,25-11-/t22-,26-,27-,28+,29+,30-,33-/m1/s1. The molecule has 0 saturated heterocycles. The van der Waals surface area contributed by atoms with Crippen LogP contribution in [-0.2, 0) is 9.53 Å². The Morgan fingerprint density at radius 3 is 2.51 bits per heavy atom. The third-order valence-corrected chi connectivity index (χ3v) is 9.91. The largest absolute Gasteiger partial charge is 0.457 e. The quantitative estimate of drug-likeness (QED) is 0.199. The molecule has 4 aliphatic rings. The molecule has 0 aliphatic heterocycles. The zero-order valence-corrected chi connectivity index (χ0v) is 24.7. The van der Waals surface area contributed by atoms with Crippen molar-refractivity contribution in [3.05, 3.63) is 59.8 Å². The van der Waals surface area contributed by atoms with Crippen LogP contribution in [0.1, 0.15) is 92.4 Å². The summed E-state index contributed by atoms with van der Waals surface area (Å²) in [6.45, 7) is 14.4. The smallest absolute Gasteiger partial charge is 0.330 e. The lowest BCUT2D eigenvalue weighted by Crippen LogP contribution is -2.35. The van der Waals surface area contributed by atoms with Gasteiger partial charge in [-0.2, -0.15) is 0 Å². The van der Waals surface area contributed by atoms with E-state index in [0.29, 0.717) is 30.6 Å². The van der Waals surface area contributed by atoms with Crippen molar-refractivity contribution in [2.24, 2.45) is 28.6 Å². The fourth-order valence-corrected chi connectivity index (χ4v) is 7.49. The van der Waals surface area contributed by atoms with Crippen LogP contribution in [0.3, 0.4) is 0 Å². The molecule has 0 heterocycles. The predicted octanol–water partition coefficient (Wildman–Crippen LogP) is 6.36. The molecule has 0 aromatic heterocycles. The Morgan fingerprint density at radius 2 is 1.85 bits per heavy atom. The van der Waals surface area contributed by atoms with Gasteiger partial charge in [0.1, 0.15) is 5.60 Å². The Morgan fingerprint density at radius 1 is 1.13 bits per heavy atom. The first-order valence-electron chi connectivity index (χ1n) is 15.0. The van der Waals surface area contributed by atoms with Crippen molar-refractivity contribution in [3.8, 4) is 0 Å². The van der Waals surface area contributed by atoms with Crippen LogP contribution in [-0.4, -0.2) is 45.2 Å². The number of carbonyl (C=O) groups is 1. The van der Waals surface area contributed by atoms with Gasteiger partial charge in [-0.3, -0.25) is 0 Å². The molecule has 39 heavy (non-hydrogen) atoms. The van der Waals surface area contributed by atoms with Gasteiger partial charge in [0.25, 0.3) is 0 Å². The number of esters is 1. The first kappa shape index (κ1) is 30.0. The second kappa shape index (κ2) is 11.5. The van der Waals surface area contributed by atoms with Crippen molar-refractivity contribution in [1.82, 2.24) is 0 Å². The van der Waals surface area contributed by atoms with E-state index in [1.807, 2.05) is 32.9 Å². The summed E-state index contributed by atoms with van der Waals surface area (Å²) in [6.07, 6.45) is 18.6. The second-order valence-corrected chi connectivity index (χ2v) is 14.0. The first-order valence-corrected chi connectivity index (χ1v) is 15.0. The van der Waals surface area contributed by atoms with Crippen LogP contribution < -0.4 is 0 Å². The topological polar surface area (TPSA) is 87.0 Å². The van der Waals surface area contributed by atoms with Crippen molar-refractivity contribution < 1.29 is 24.9 Å². The van der Waals surface area contributed by atoms with Gasteiger partial charge in [0, 0.05) is 17.9 Å². The summed E-state index contributed by atoms with van der Waals surface area (Å²) in [4.78, 5) is 12.1. The Labute approximate surface area is 235 Å². The minimum Gasteiger partial charge on any atom is -0.457 e. The number of aliphatic hydroxyl groups excluding tert-OH is 3. The summed E-state index contributed by atoms with van der Waals surface area (Å²) in [7, 11) is 0. The van der Waals surface area contributed by atoms with Gasteiger partial charge in [-0.1, -0.05) is 56.4 Å². The van der Waals surface area contributed by atoms with Gasteiger partial charge >= 0.3 is 5.97 Å². The van der Waals surface area contributed by atoms with Gasteiger partial charge in [0.2, 0.25) is 0 Å². The molecule has 0 unspecified atom stereocenters. The Hall–Kier alpha value is -1.95. The van der Waals surface area contributed by atoms with E-state index < -0.39 is 23.9 Å². The highest BCUT2D eigenvalue weighted by molar-refractivity contribution is 5.82. The molecule has 0 radical (unpaired) electrons. The van der Waals surface area contributed by atoms with E-state index in [1.54, 1.807) is 0 Å². The number of rotatable bonds is 7. The lowest BCUT2D eigenvalue weighted by molar-refractivity contribution is -0.148. The van der Waals surface area contributed by atoms with E-state index in [0.717, 1.165) is 30.4 Å². The lowest BCUT2D eigenvalue weighted by Gasteiger charge is -2.44. The van der Waals surface area contributed by atoms with Crippen molar-refractivity contribution in [3.63, 3.8) is 0 Å². The molecule has 0 bridgehead atoms. The van der Waals surface area contributed by atoms with Gasteiger partial charge < -0.3 is 20.1 Å². The molecule has 4 rings (SSSR count). The summed E-state index contributed by atoms with van der Waals surface area (Å²) < 4.78 is 5.38. The van der Waals surface area contributed by atoms with Gasteiger partial charge in [0.05, 0.1) is 18.3 Å². The average Bonchev–Trinajstić information content (AvgIpc) is 3.56. The molecule has 0 aromatic rings. The third kappa shape index (κ3) is 6.86. The highest BCUT2D eigenvalue weighted by Gasteiger charge is 2.50. The number of allylic oxidation sites excluding steroid dienone is 4. The van der Waals surface area contributed by atoms with E-state index in [4.69, 9.17) is 4.74 Å². The van der Waals surface area contributed by atoms with Gasteiger partial charge in [-0.25, -0.2) is 4.79 Å². The predicted molar refractivity (Wildman–Crippen MR) is 156 cm³/mol. The summed E-state index contributed by atoms with van der Waals surface area (Å²) in [5, 5.41) is 31.3. The Kier molecular flexibility index (Phi) is 8.85. The Bertz CT molecular complexity index is 1050. The summed E-state index contributed by atoms with van der Waals surface area (Å²) >= 11 is 0. The van der Waals surface area contributed by atoms with Crippen LogP contribution in [0.15, 0.2) is 59.8 Å². The van der Waals surface area contributed by atoms with Gasteiger partial charge in [0.15, 0.2) is 0 Å². The van der Waals surface area contributed by atoms with E-state index in [-0.39, 0.29) is 16.8 Å². The Balaban J connectivity index is 1.41. The normalized spacial score (nSPS) is 36.5. The monoisotopic (exact) mass is 538 g/mol. The van der Waals surface area contributed by atoms with Crippen LogP contribution in [0.25, 0.3) is 0 Å². The molecule has 0 amide bonds. The van der Waals surface area contributed by atoms with Crippen LogP contribution in [0, 0.1) is 28.6 Å².